The Morgan fingerprint density at radius 3 is 2.04 bits per heavy atom. The third kappa shape index (κ3) is 5.92. The van der Waals surface area contributed by atoms with E-state index in [4.69, 9.17) is 0 Å². The predicted octanol–water partition coefficient (Wildman–Crippen LogP) is 4.24. The lowest BCUT2D eigenvalue weighted by molar-refractivity contribution is -0.119. The molecule has 28 heavy (non-hydrogen) atoms. The van der Waals surface area contributed by atoms with Crippen LogP contribution in [0.5, 0.6) is 0 Å². The molecule has 0 aromatic heterocycles. The SMILES string of the molecule is Cc1cc(C)c(NC(=O)CN(C)CC(=O)Nc2ccccc2C(C)C)c(C)c1. The van der Waals surface area contributed by atoms with E-state index in [0.29, 0.717) is 5.92 Å². The molecule has 2 rings (SSSR count). The molecule has 0 saturated heterocycles. The quantitative estimate of drug-likeness (QED) is 0.754. The van der Waals surface area contributed by atoms with E-state index in [9.17, 15) is 9.59 Å². The molecule has 2 N–H and O–H groups in total. The minimum atomic E-state index is -0.133. The van der Waals surface area contributed by atoms with E-state index in [1.807, 2.05) is 57.2 Å². The summed E-state index contributed by atoms with van der Waals surface area (Å²) >= 11 is 0. The van der Waals surface area contributed by atoms with Gasteiger partial charge in [0.2, 0.25) is 11.8 Å². The fourth-order valence-electron chi connectivity index (χ4n) is 3.41. The molecule has 0 atom stereocenters. The number of amides is 2. The topological polar surface area (TPSA) is 61.4 Å². The summed E-state index contributed by atoms with van der Waals surface area (Å²) in [5.74, 6) is 0.0556. The predicted molar refractivity (Wildman–Crippen MR) is 116 cm³/mol. The third-order valence-electron chi connectivity index (χ3n) is 4.63. The van der Waals surface area contributed by atoms with Gasteiger partial charge in [0.05, 0.1) is 13.1 Å². The fourth-order valence-corrected chi connectivity index (χ4v) is 3.41. The molecule has 150 valence electrons. The molecular weight excluding hydrogens is 350 g/mol. The van der Waals surface area contributed by atoms with Crippen molar-refractivity contribution in [2.24, 2.45) is 0 Å². The Labute approximate surface area is 168 Å². The summed E-state index contributed by atoms with van der Waals surface area (Å²) in [5, 5.41) is 5.93. The number of anilines is 2. The summed E-state index contributed by atoms with van der Waals surface area (Å²) in [6, 6.07) is 11.9. The highest BCUT2D eigenvalue weighted by atomic mass is 16.2. The molecule has 5 heteroatoms. The Hall–Kier alpha value is -2.66. The zero-order chi connectivity index (χ0) is 20.8. The molecule has 0 aliphatic carbocycles. The first-order valence-corrected chi connectivity index (χ1v) is 9.62. The van der Waals surface area contributed by atoms with Gasteiger partial charge in [-0.2, -0.15) is 0 Å². The van der Waals surface area contributed by atoms with Crippen LogP contribution in [0.1, 0.15) is 42.0 Å². The molecule has 0 spiro atoms. The molecule has 2 amide bonds. The van der Waals surface area contributed by atoms with E-state index >= 15 is 0 Å². The normalized spacial score (nSPS) is 11.0. The van der Waals surface area contributed by atoms with Crippen LogP contribution in [-0.2, 0) is 9.59 Å². The average Bonchev–Trinajstić information content (AvgIpc) is 2.58. The number of aryl methyl sites for hydroxylation is 3. The molecule has 0 radical (unpaired) electrons. The zero-order valence-electron chi connectivity index (χ0n) is 17.7. The lowest BCUT2D eigenvalue weighted by Gasteiger charge is -2.19. The van der Waals surface area contributed by atoms with Crippen LogP contribution in [0, 0.1) is 20.8 Å². The summed E-state index contributed by atoms with van der Waals surface area (Å²) < 4.78 is 0. The van der Waals surface area contributed by atoms with E-state index in [-0.39, 0.29) is 24.9 Å². The summed E-state index contributed by atoms with van der Waals surface area (Å²) in [5.41, 5.74) is 6.02. The number of para-hydroxylation sites is 1. The maximum atomic E-state index is 12.4. The van der Waals surface area contributed by atoms with E-state index in [1.54, 1.807) is 11.9 Å². The highest BCUT2D eigenvalue weighted by Crippen LogP contribution is 2.24. The Bertz CT molecular complexity index is 836. The largest absolute Gasteiger partial charge is 0.325 e. The second-order valence-electron chi connectivity index (χ2n) is 7.78. The molecule has 5 nitrogen and oxygen atoms in total. The van der Waals surface area contributed by atoms with Gasteiger partial charge in [0.1, 0.15) is 0 Å². The zero-order valence-corrected chi connectivity index (χ0v) is 17.7. The molecule has 2 aromatic carbocycles. The van der Waals surface area contributed by atoms with Gasteiger partial charge in [-0.25, -0.2) is 0 Å². The summed E-state index contributed by atoms with van der Waals surface area (Å²) in [7, 11) is 1.77. The first kappa shape index (κ1) is 21.6. The Balaban J connectivity index is 1.92. The smallest absolute Gasteiger partial charge is 0.238 e. The van der Waals surface area contributed by atoms with Crippen LogP contribution in [-0.4, -0.2) is 36.9 Å². The van der Waals surface area contributed by atoms with Crippen LogP contribution in [0.25, 0.3) is 0 Å². The van der Waals surface area contributed by atoms with Gasteiger partial charge in [-0.05, 0) is 56.5 Å². The van der Waals surface area contributed by atoms with Crippen molar-refractivity contribution in [1.29, 1.82) is 0 Å². The van der Waals surface area contributed by atoms with Gasteiger partial charge in [0.25, 0.3) is 0 Å². The van der Waals surface area contributed by atoms with Crippen molar-refractivity contribution in [2.45, 2.75) is 40.5 Å². The summed E-state index contributed by atoms with van der Waals surface area (Å²) in [6.45, 7) is 10.5. The highest BCUT2D eigenvalue weighted by molar-refractivity contribution is 5.95. The number of nitrogens with zero attached hydrogens (tertiary/aromatic N) is 1. The minimum Gasteiger partial charge on any atom is -0.325 e. The number of carbonyl (C=O) groups excluding carboxylic acids is 2. The van der Waals surface area contributed by atoms with Crippen LogP contribution in [0.3, 0.4) is 0 Å². The van der Waals surface area contributed by atoms with Gasteiger partial charge in [-0.3, -0.25) is 14.5 Å². The highest BCUT2D eigenvalue weighted by Gasteiger charge is 2.14. The molecule has 0 unspecified atom stereocenters. The van der Waals surface area contributed by atoms with E-state index in [2.05, 4.69) is 24.5 Å². The Morgan fingerprint density at radius 2 is 1.46 bits per heavy atom. The van der Waals surface area contributed by atoms with E-state index in [1.165, 1.54) is 5.56 Å². The molecule has 0 fully saturated rings. The van der Waals surface area contributed by atoms with Gasteiger partial charge in [-0.15, -0.1) is 0 Å². The maximum Gasteiger partial charge on any atom is 0.238 e. The number of nitrogens with one attached hydrogen (secondary N) is 2. The number of hydrogen-bond acceptors (Lipinski definition) is 3. The number of likely N-dealkylation sites (N-methyl/N-ethyl adjacent to an activating group) is 1. The average molecular weight is 382 g/mol. The van der Waals surface area contributed by atoms with Gasteiger partial charge in [-0.1, -0.05) is 49.7 Å². The Morgan fingerprint density at radius 1 is 0.929 bits per heavy atom. The number of benzene rings is 2. The van der Waals surface area contributed by atoms with Crippen molar-refractivity contribution in [2.75, 3.05) is 30.8 Å². The van der Waals surface area contributed by atoms with Crippen LogP contribution < -0.4 is 10.6 Å². The van der Waals surface area contributed by atoms with Crippen molar-refractivity contribution in [3.63, 3.8) is 0 Å². The van der Waals surface area contributed by atoms with Crippen molar-refractivity contribution in [3.8, 4) is 0 Å². The molecule has 2 aromatic rings. The first-order valence-electron chi connectivity index (χ1n) is 9.62. The van der Waals surface area contributed by atoms with Gasteiger partial charge >= 0.3 is 0 Å². The molecule has 0 bridgehead atoms. The molecule has 0 aliphatic rings. The molecule has 0 heterocycles. The minimum absolute atomic E-state index is 0.132. The molecule has 0 aliphatic heterocycles. The van der Waals surface area contributed by atoms with Crippen molar-refractivity contribution in [3.05, 3.63) is 58.7 Å². The van der Waals surface area contributed by atoms with Crippen molar-refractivity contribution in [1.82, 2.24) is 4.90 Å². The van der Waals surface area contributed by atoms with E-state index < -0.39 is 0 Å². The van der Waals surface area contributed by atoms with E-state index in [0.717, 1.165) is 28.1 Å². The van der Waals surface area contributed by atoms with Gasteiger partial charge in [0.15, 0.2) is 0 Å². The van der Waals surface area contributed by atoms with Crippen molar-refractivity contribution < 1.29 is 9.59 Å². The van der Waals surface area contributed by atoms with Crippen LogP contribution >= 0.6 is 0 Å². The lowest BCUT2D eigenvalue weighted by atomic mass is 10.0. The summed E-state index contributed by atoms with van der Waals surface area (Å²) in [6.07, 6.45) is 0. The molecule has 0 saturated carbocycles. The lowest BCUT2D eigenvalue weighted by Crippen LogP contribution is -2.36. The van der Waals surface area contributed by atoms with Crippen LogP contribution in [0.15, 0.2) is 36.4 Å². The summed E-state index contributed by atoms with van der Waals surface area (Å²) in [4.78, 5) is 26.5. The third-order valence-corrected chi connectivity index (χ3v) is 4.63. The Kier molecular flexibility index (Phi) is 7.35. The van der Waals surface area contributed by atoms with Gasteiger partial charge in [0, 0.05) is 11.4 Å². The number of hydrogen-bond donors (Lipinski definition) is 2. The monoisotopic (exact) mass is 381 g/mol. The standard InChI is InChI=1S/C23H31N3O2/c1-15(2)19-9-7-8-10-20(19)24-21(27)13-26(6)14-22(28)25-23-17(4)11-16(3)12-18(23)5/h7-12,15H,13-14H2,1-6H3,(H,24,27)(H,25,28). The number of rotatable bonds is 7. The maximum absolute atomic E-state index is 12.4. The van der Waals surface area contributed by atoms with Gasteiger partial charge < -0.3 is 10.6 Å². The number of carbonyl (C=O) groups is 2. The second kappa shape index (κ2) is 9.51. The van der Waals surface area contributed by atoms with Crippen molar-refractivity contribution >= 4 is 23.2 Å². The van der Waals surface area contributed by atoms with Crippen LogP contribution in [0.2, 0.25) is 0 Å². The fraction of sp³-hybridized carbons (Fsp3) is 0.391. The first-order chi connectivity index (χ1) is 13.2. The molecular formula is C23H31N3O2. The second-order valence-corrected chi connectivity index (χ2v) is 7.78. The van der Waals surface area contributed by atoms with Crippen LogP contribution in [0.4, 0.5) is 11.4 Å².